The fourth-order valence-electron chi connectivity index (χ4n) is 2.31. The van der Waals surface area contributed by atoms with E-state index in [1.807, 2.05) is 45.9 Å². The molecule has 0 saturated heterocycles. The van der Waals surface area contributed by atoms with Gasteiger partial charge in [-0.15, -0.1) is 0 Å². The van der Waals surface area contributed by atoms with E-state index in [0.717, 1.165) is 12.2 Å². The molecule has 2 aromatic rings. The van der Waals surface area contributed by atoms with Crippen LogP contribution >= 0.6 is 0 Å². The summed E-state index contributed by atoms with van der Waals surface area (Å²) in [6.07, 6.45) is 1.06. The lowest BCUT2D eigenvalue weighted by molar-refractivity contribution is 0.242. The van der Waals surface area contributed by atoms with Gasteiger partial charge in [-0.05, 0) is 11.1 Å². The molecule has 2 heteroatoms. The molecular weight excluding hydrogens is 258 g/mol. The van der Waals surface area contributed by atoms with Gasteiger partial charge in [0, 0.05) is 18.5 Å². The van der Waals surface area contributed by atoms with Crippen LogP contribution in [0.15, 0.2) is 48.5 Å². The highest BCUT2D eigenvalue weighted by atomic mass is 16.5. The minimum Gasteiger partial charge on any atom is -0.488 e. The third-order valence-electron chi connectivity index (χ3n) is 3.18. The van der Waals surface area contributed by atoms with Crippen LogP contribution in [0.5, 0.6) is 5.75 Å². The van der Waals surface area contributed by atoms with Crippen molar-refractivity contribution in [2.75, 3.05) is 6.54 Å². The van der Waals surface area contributed by atoms with Crippen LogP contribution < -0.4 is 10.5 Å². The Balaban J connectivity index is 0.000000510. The Kier molecular flexibility index (Phi) is 7.55. The van der Waals surface area contributed by atoms with E-state index in [1.165, 1.54) is 16.7 Å². The van der Waals surface area contributed by atoms with E-state index in [1.54, 1.807) is 0 Å². The molecular formula is C19H27NO. The van der Waals surface area contributed by atoms with Gasteiger partial charge in [-0.25, -0.2) is 0 Å². The first-order chi connectivity index (χ1) is 10.4. The van der Waals surface area contributed by atoms with Crippen LogP contribution in [0.1, 0.15) is 33.3 Å². The van der Waals surface area contributed by atoms with Gasteiger partial charge in [-0.3, -0.25) is 0 Å². The number of hydrogen-bond donors (Lipinski definition) is 1. The number of rotatable bonds is 2. The smallest absolute Gasteiger partial charge is 0.130 e. The monoisotopic (exact) mass is 285 g/mol. The summed E-state index contributed by atoms with van der Waals surface area (Å²) in [6, 6.07) is 16.6. The molecule has 21 heavy (non-hydrogen) atoms. The van der Waals surface area contributed by atoms with E-state index in [-0.39, 0.29) is 6.10 Å². The molecule has 1 atom stereocenters. The maximum Gasteiger partial charge on any atom is 0.130 e. The van der Waals surface area contributed by atoms with Crippen molar-refractivity contribution >= 4 is 0 Å². The normalized spacial score (nSPS) is 14.8. The summed E-state index contributed by atoms with van der Waals surface area (Å²) in [4.78, 5) is 0. The molecule has 2 N–H and O–H groups in total. The third-order valence-corrected chi connectivity index (χ3v) is 3.18. The number of fused-ring (bicyclic) bond motifs is 1. The second-order valence-corrected chi connectivity index (χ2v) is 4.34. The quantitative estimate of drug-likeness (QED) is 0.870. The Morgan fingerprint density at radius 3 is 2.24 bits per heavy atom. The van der Waals surface area contributed by atoms with Crippen molar-refractivity contribution in [1.29, 1.82) is 0 Å². The molecule has 2 nitrogen and oxygen atoms in total. The van der Waals surface area contributed by atoms with E-state index < -0.39 is 0 Å². The molecule has 114 valence electrons. The van der Waals surface area contributed by atoms with Gasteiger partial charge in [0.15, 0.2) is 0 Å². The van der Waals surface area contributed by atoms with Crippen molar-refractivity contribution in [1.82, 2.24) is 0 Å². The first-order valence-corrected chi connectivity index (χ1v) is 7.92. The number of nitrogens with two attached hydrogens (primary N) is 1. The second kappa shape index (κ2) is 9.19. The highest BCUT2D eigenvalue weighted by molar-refractivity contribution is 5.72. The SMILES string of the molecule is CC.CC.NCC1Cc2cccc(-c3ccccc3)c2O1. The summed E-state index contributed by atoms with van der Waals surface area (Å²) < 4.78 is 5.92. The van der Waals surface area contributed by atoms with E-state index in [9.17, 15) is 0 Å². The van der Waals surface area contributed by atoms with E-state index in [0.29, 0.717) is 6.54 Å². The van der Waals surface area contributed by atoms with Crippen LogP contribution in [0.25, 0.3) is 11.1 Å². The third kappa shape index (κ3) is 4.08. The number of hydrogen-bond acceptors (Lipinski definition) is 2. The summed E-state index contributed by atoms with van der Waals surface area (Å²) in [6.45, 7) is 8.57. The largest absolute Gasteiger partial charge is 0.488 e. The zero-order valence-electron chi connectivity index (χ0n) is 13.6. The molecule has 0 fully saturated rings. The Labute approximate surface area is 129 Å². The predicted octanol–water partition coefficient (Wildman–Crippen LogP) is 4.67. The Morgan fingerprint density at radius 2 is 1.62 bits per heavy atom. The predicted molar refractivity (Wildman–Crippen MR) is 91.7 cm³/mol. The number of ether oxygens (including phenoxy) is 1. The van der Waals surface area contributed by atoms with Gasteiger partial charge in [0.2, 0.25) is 0 Å². The molecule has 3 rings (SSSR count). The van der Waals surface area contributed by atoms with Crippen molar-refractivity contribution in [3.05, 3.63) is 54.1 Å². The van der Waals surface area contributed by atoms with Gasteiger partial charge < -0.3 is 10.5 Å². The summed E-state index contributed by atoms with van der Waals surface area (Å²) in [5.41, 5.74) is 9.30. The zero-order valence-corrected chi connectivity index (χ0v) is 13.6. The van der Waals surface area contributed by atoms with E-state index in [4.69, 9.17) is 10.5 Å². The lowest BCUT2D eigenvalue weighted by atomic mass is 10.0. The Hall–Kier alpha value is -1.80. The number of para-hydroxylation sites is 1. The van der Waals surface area contributed by atoms with Crippen molar-refractivity contribution in [3.8, 4) is 16.9 Å². The van der Waals surface area contributed by atoms with Crippen LogP contribution in [0.2, 0.25) is 0 Å². The Morgan fingerprint density at radius 1 is 0.952 bits per heavy atom. The molecule has 0 bridgehead atoms. The first kappa shape index (κ1) is 17.3. The molecule has 1 heterocycles. The molecule has 0 saturated carbocycles. The van der Waals surface area contributed by atoms with Crippen LogP contribution in [-0.4, -0.2) is 12.6 Å². The van der Waals surface area contributed by atoms with E-state index >= 15 is 0 Å². The highest BCUT2D eigenvalue weighted by Gasteiger charge is 2.24. The average Bonchev–Trinajstić information content (AvgIpc) is 3.02. The molecule has 1 aliphatic heterocycles. The lowest BCUT2D eigenvalue weighted by Gasteiger charge is -2.10. The summed E-state index contributed by atoms with van der Waals surface area (Å²) in [5.74, 6) is 1.01. The van der Waals surface area contributed by atoms with E-state index in [2.05, 4.69) is 30.3 Å². The molecule has 2 aromatic carbocycles. The Bertz CT molecular complexity index is 522. The highest BCUT2D eigenvalue weighted by Crippen LogP contribution is 2.38. The molecule has 0 aliphatic carbocycles. The molecule has 0 amide bonds. The number of benzene rings is 2. The topological polar surface area (TPSA) is 35.2 Å². The van der Waals surface area contributed by atoms with Crippen molar-refractivity contribution in [3.63, 3.8) is 0 Å². The molecule has 0 aromatic heterocycles. The van der Waals surface area contributed by atoms with Crippen LogP contribution in [0.3, 0.4) is 0 Å². The van der Waals surface area contributed by atoms with Gasteiger partial charge in [-0.1, -0.05) is 76.2 Å². The van der Waals surface area contributed by atoms with Gasteiger partial charge >= 0.3 is 0 Å². The fourth-order valence-corrected chi connectivity index (χ4v) is 2.31. The molecule has 1 aliphatic rings. The summed E-state index contributed by atoms with van der Waals surface area (Å²) in [5, 5.41) is 0. The van der Waals surface area contributed by atoms with Gasteiger partial charge in [-0.2, -0.15) is 0 Å². The summed E-state index contributed by atoms with van der Waals surface area (Å²) in [7, 11) is 0. The van der Waals surface area contributed by atoms with Crippen LogP contribution in [-0.2, 0) is 6.42 Å². The van der Waals surface area contributed by atoms with Crippen molar-refractivity contribution in [2.24, 2.45) is 5.73 Å². The minimum absolute atomic E-state index is 0.134. The standard InChI is InChI=1S/C15H15NO.2C2H6/c16-10-13-9-12-7-4-8-14(15(12)17-13)11-5-2-1-3-6-11;2*1-2/h1-8,13H,9-10,16H2;2*1-2H3. The fraction of sp³-hybridized carbons (Fsp3) is 0.368. The minimum atomic E-state index is 0.134. The van der Waals surface area contributed by atoms with Gasteiger partial charge in [0.1, 0.15) is 11.9 Å². The van der Waals surface area contributed by atoms with Crippen LogP contribution in [0.4, 0.5) is 0 Å². The lowest BCUT2D eigenvalue weighted by Crippen LogP contribution is -2.24. The second-order valence-electron chi connectivity index (χ2n) is 4.34. The van der Waals surface area contributed by atoms with Gasteiger partial charge in [0.05, 0.1) is 0 Å². The first-order valence-electron chi connectivity index (χ1n) is 7.92. The molecule has 0 radical (unpaired) electrons. The van der Waals surface area contributed by atoms with Crippen LogP contribution in [0, 0.1) is 0 Å². The van der Waals surface area contributed by atoms with Crippen molar-refractivity contribution in [2.45, 2.75) is 40.2 Å². The zero-order chi connectivity index (χ0) is 15.7. The molecule has 0 spiro atoms. The van der Waals surface area contributed by atoms with Gasteiger partial charge in [0.25, 0.3) is 0 Å². The maximum atomic E-state index is 5.92. The summed E-state index contributed by atoms with van der Waals surface area (Å²) >= 11 is 0. The van der Waals surface area contributed by atoms with Crippen molar-refractivity contribution < 1.29 is 4.74 Å². The molecule has 1 unspecified atom stereocenters. The average molecular weight is 285 g/mol. The maximum absolute atomic E-state index is 5.92.